The molecule has 79 heavy (non-hydrogen) atoms. The lowest BCUT2D eigenvalue weighted by atomic mass is 10.1. The number of amides is 10. The van der Waals surface area contributed by atoms with Crippen LogP contribution in [0, 0.1) is 0 Å². The van der Waals surface area contributed by atoms with Crippen molar-refractivity contribution in [2.45, 2.75) is 76.3 Å². The number of piperidine rings is 2. The van der Waals surface area contributed by atoms with Gasteiger partial charge in [-0.15, -0.1) is 5.06 Å². The van der Waals surface area contributed by atoms with Crippen LogP contribution in [0.1, 0.15) is 83.2 Å². The molecule has 6 aliphatic heterocycles. The van der Waals surface area contributed by atoms with E-state index in [0.717, 1.165) is 93.8 Å². The Hall–Kier alpha value is -7.13. The van der Waals surface area contributed by atoms with Crippen LogP contribution in [-0.2, 0) is 27.3 Å². The molecule has 6 heterocycles. The van der Waals surface area contributed by atoms with Gasteiger partial charge in [0.2, 0.25) is 0 Å². The van der Waals surface area contributed by atoms with Crippen LogP contribution in [0.15, 0.2) is 97.1 Å². The Kier molecular flexibility index (Phi) is 20.3. The smallest absolute Gasteiger partial charge is 0.368 e. The number of rotatable bonds is 9. The third-order valence-electron chi connectivity index (χ3n) is 14.6. The Balaban J connectivity index is 0.000000174. The molecule has 0 saturated carbocycles. The molecule has 0 aliphatic carbocycles. The molecule has 2 atom stereocenters. The zero-order valence-corrected chi connectivity index (χ0v) is 46.0. The van der Waals surface area contributed by atoms with Crippen molar-refractivity contribution in [3.8, 4) is 0 Å². The summed E-state index contributed by atoms with van der Waals surface area (Å²) >= 11 is 19.0. The van der Waals surface area contributed by atoms with E-state index >= 15 is 0 Å². The van der Waals surface area contributed by atoms with E-state index in [-0.39, 0.29) is 16.9 Å². The van der Waals surface area contributed by atoms with Crippen LogP contribution in [0.4, 0.5) is 30.6 Å². The summed E-state index contributed by atoms with van der Waals surface area (Å²) < 4.78 is 0. The second-order valence-electron chi connectivity index (χ2n) is 19.9. The van der Waals surface area contributed by atoms with Crippen molar-refractivity contribution in [1.29, 1.82) is 0 Å². The second kappa shape index (κ2) is 27.6. The van der Waals surface area contributed by atoms with Crippen LogP contribution < -0.4 is 20.4 Å². The van der Waals surface area contributed by atoms with Crippen LogP contribution in [0.5, 0.6) is 0 Å². The average molecular weight is 1140 g/mol. The number of hydrogen-bond acceptors (Lipinski definition) is 12. The van der Waals surface area contributed by atoms with Gasteiger partial charge in [0.1, 0.15) is 12.1 Å². The number of imide groups is 2. The van der Waals surface area contributed by atoms with Gasteiger partial charge in [-0.05, 0) is 98.4 Å². The number of anilines is 2. The molecule has 0 bridgehead atoms. The van der Waals surface area contributed by atoms with Crippen molar-refractivity contribution >= 4 is 93.3 Å². The summed E-state index contributed by atoms with van der Waals surface area (Å²) in [6, 6.07) is 26.7. The van der Waals surface area contributed by atoms with Crippen LogP contribution in [0.2, 0.25) is 10.0 Å². The van der Waals surface area contributed by atoms with E-state index in [0.29, 0.717) is 91.3 Å². The Labute approximate surface area is 473 Å². The first kappa shape index (κ1) is 58.0. The molecule has 6 fully saturated rings. The van der Waals surface area contributed by atoms with E-state index in [1.807, 2.05) is 99.6 Å². The summed E-state index contributed by atoms with van der Waals surface area (Å²) in [6.07, 6.45) is 7.79. The highest BCUT2D eigenvalue weighted by Gasteiger charge is 2.42. The largest absolute Gasteiger partial charge is 0.434 e. The third kappa shape index (κ3) is 14.8. The summed E-state index contributed by atoms with van der Waals surface area (Å²) in [4.78, 5) is 114. The van der Waals surface area contributed by atoms with E-state index in [1.54, 1.807) is 17.0 Å². The van der Waals surface area contributed by atoms with E-state index in [9.17, 15) is 38.4 Å². The fourth-order valence-corrected chi connectivity index (χ4v) is 11.1. The first-order chi connectivity index (χ1) is 38.2. The summed E-state index contributed by atoms with van der Waals surface area (Å²) in [7, 11) is 0. The van der Waals surface area contributed by atoms with Gasteiger partial charge in [-0.2, -0.15) is 0 Å². The summed E-state index contributed by atoms with van der Waals surface area (Å²) in [6.45, 7) is 7.47. The topological polar surface area (TPSA) is 216 Å². The van der Waals surface area contributed by atoms with Crippen LogP contribution in [0.25, 0.3) is 0 Å². The van der Waals surface area contributed by atoms with Gasteiger partial charge >= 0.3 is 23.5 Å². The van der Waals surface area contributed by atoms with Crippen molar-refractivity contribution in [3.05, 3.63) is 129 Å². The lowest BCUT2D eigenvalue weighted by Gasteiger charge is -2.29. The number of nitrogens with one attached hydrogen (secondary N) is 2. The van der Waals surface area contributed by atoms with Gasteiger partial charge in [0.15, 0.2) is 0 Å². The van der Waals surface area contributed by atoms with Gasteiger partial charge in [0.05, 0.1) is 32.5 Å². The fourth-order valence-electron chi connectivity index (χ4n) is 10.3. The molecule has 6 aliphatic rings. The minimum Gasteiger partial charge on any atom is -0.368 e. The molecule has 10 amide bonds. The molecule has 0 spiro atoms. The minimum atomic E-state index is -0.797. The van der Waals surface area contributed by atoms with Gasteiger partial charge in [-0.3, -0.25) is 29.2 Å². The van der Waals surface area contributed by atoms with E-state index in [2.05, 4.69) is 15.5 Å². The quantitative estimate of drug-likeness (QED) is 0.0628. The lowest BCUT2D eigenvalue weighted by Crippen LogP contribution is -2.42. The molecule has 4 aromatic rings. The predicted molar refractivity (Wildman–Crippen MR) is 297 cm³/mol. The molecule has 4 aromatic carbocycles. The van der Waals surface area contributed by atoms with Crippen LogP contribution in [-0.4, -0.2) is 173 Å². The SMILES string of the molecule is O=C(Cl)N1CCCN(c2cccc(C(=O)N3CCCCC3)c2Cl)CC1.O=C(ON1C(=O)N[C@@H](Cc2ccccc2)C1=O)N1CCCN(c2cccc(C(=O)N3CCCCC3)c2Cl)CC1.O=C1N[C@@H](Cc2ccccc2)C(=O)N1O. The van der Waals surface area contributed by atoms with Crippen molar-refractivity contribution < 1.29 is 48.4 Å². The summed E-state index contributed by atoms with van der Waals surface area (Å²) in [5.74, 6) is -1.25. The molecule has 10 rings (SSSR count). The maximum absolute atomic E-state index is 13.1. The highest BCUT2D eigenvalue weighted by molar-refractivity contribution is 6.62. The first-order valence-electron chi connectivity index (χ1n) is 26.8. The maximum atomic E-state index is 13.1. The molecule has 3 N–H and O–H groups in total. The third-order valence-corrected chi connectivity index (χ3v) is 15.6. The van der Waals surface area contributed by atoms with Crippen molar-refractivity contribution in [3.63, 3.8) is 0 Å². The van der Waals surface area contributed by atoms with E-state index in [1.165, 1.54) is 11.3 Å². The summed E-state index contributed by atoms with van der Waals surface area (Å²) in [5, 5.41) is 15.1. The number of urea groups is 2. The Morgan fingerprint density at radius 1 is 0.481 bits per heavy atom. The first-order valence-corrected chi connectivity index (χ1v) is 27.9. The molecule has 420 valence electrons. The standard InChI is InChI=1S/C28H32ClN5O5.C18H23Cl2N3O2.C10H10N2O3/c29-24-21(25(35)32-13-5-2-6-14-32)11-7-12-23(24)31-15-8-16-33(18-17-31)28(38)39-34-26(36)22(30-27(34)37)19-20-9-3-1-4-10-20;19-16-14(17(24)22-8-2-1-3-9-22)6-4-7-15(16)21-10-5-11-23(13-12-21)18(20)25;13-9-8(11-10(14)12(9)15)6-7-4-2-1-3-5-7/h1,3-4,7,9-12,22H,2,5-6,8,13-19H2,(H,30,37);4,6-7H,1-3,5,8-13H2;1-5,8,15H,6H2,(H,11,14)/t22-;;8-/m0.0/s1. The summed E-state index contributed by atoms with van der Waals surface area (Å²) in [5.41, 5.74) is 4.47. The number of carbonyl (C=O) groups excluding carboxylic acids is 8. The van der Waals surface area contributed by atoms with E-state index in [4.69, 9.17) is 44.8 Å². The molecule has 6 saturated heterocycles. The van der Waals surface area contributed by atoms with Crippen LogP contribution >= 0.6 is 34.8 Å². The van der Waals surface area contributed by atoms with Gasteiger partial charge in [0, 0.05) is 91.4 Å². The van der Waals surface area contributed by atoms with Gasteiger partial charge in [-0.25, -0.2) is 14.4 Å². The monoisotopic (exact) mass is 1140 g/mol. The number of carbonyl (C=O) groups is 8. The van der Waals surface area contributed by atoms with Gasteiger partial charge in [0.25, 0.3) is 23.6 Å². The van der Waals surface area contributed by atoms with Crippen molar-refractivity contribution in [2.24, 2.45) is 0 Å². The predicted octanol–water partition coefficient (Wildman–Crippen LogP) is 8.07. The lowest BCUT2D eigenvalue weighted by molar-refractivity contribution is -0.151. The Morgan fingerprint density at radius 2 is 0.911 bits per heavy atom. The molecular formula is C56H65Cl3N10O10. The van der Waals surface area contributed by atoms with Gasteiger partial charge in [-0.1, -0.05) is 101 Å². The average Bonchev–Trinajstić information content (AvgIpc) is 3.74. The number of benzene rings is 4. The highest BCUT2D eigenvalue weighted by Crippen LogP contribution is 2.33. The van der Waals surface area contributed by atoms with E-state index < -0.39 is 47.4 Å². The van der Waals surface area contributed by atoms with Gasteiger partial charge < -0.3 is 44.9 Å². The normalized spacial score (nSPS) is 19.8. The van der Waals surface area contributed by atoms with Crippen molar-refractivity contribution in [2.75, 3.05) is 88.3 Å². The zero-order valence-electron chi connectivity index (χ0n) is 43.8. The number of hydrogen-bond donors (Lipinski definition) is 3. The van der Waals surface area contributed by atoms with Crippen LogP contribution in [0.3, 0.4) is 0 Å². The number of nitrogens with zero attached hydrogens (tertiary/aromatic N) is 8. The minimum absolute atomic E-state index is 0.0129. The molecule has 0 aromatic heterocycles. The fraction of sp³-hybridized carbons (Fsp3) is 0.429. The number of halogens is 3. The Bertz CT molecular complexity index is 2840. The zero-order chi connectivity index (χ0) is 56.0. The Morgan fingerprint density at radius 3 is 1.37 bits per heavy atom. The van der Waals surface area contributed by atoms with Crippen molar-refractivity contribution in [1.82, 2.24) is 40.4 Å². The number of likely N-dealkylation sites (tertiary alicyclic amines) is 2. The molecule has 0 unspecified atom stereocenters. The second-order valence-corrected chi connectivity index (χ2v) is 21.0. The molecule has 0 radical (unpaired) electrons. The highest BCUT2D eigenvalue weighted by atomic mass is 35.5. The molecular weight excluding hydrogens is 1080 g/mol. The maximum Gasteiger partial charge on any atom is 0.434 e. The number of hydroxylamine groups is 4. The molecule has 23 heteroatoms. The molecule has 20 nitrogen and oxygen atoms in total.